The molecule has 0 unspecified atom stereocenters. The Morgan fingerprint density at radius 1 is 1.18 bits per heavy atom. The van der Waals surface area contributed by atoms with Crippen LogP contribution >= 0.6 is 11.3 Å². The maximum atomic E-state index is 11.5. The Morgan fingerprint density at radius 2 is 1.88 bits per heavy atom. The number of carbonyl (C=O) groups is 1. The molecule has 0 saturated heterocycles. The van der Waals surface area contributed by atoms with Crippen molar-refractivity contribution in [3.63, 3.8) is 0 Å². The molecule has 2 nitrogen and oxygen atoms in total. The summed E-state index contributed by atoms with van der Waals surface area (Å²) < 4.78 is 4.97. The van der Waals surface area contributed by atoms with Crippen LogP contribution in [0.5, 0.6) is 0 Å². The number of carbonyl (C=O) groups excluding carboxylic acids is 1. The van der Waals surface area contributed by atoms with Gasteiger partial charge in [-0.15, -0.1) is 11.3 Å². The van der Waals surface area contributed by atoms with Crippen molar-refractivity contribution in [2.75, 3.05) is 6.61 Å². The summed E-state index contributed by atoms with van der Waals surface area (Å²) in [5, 5.41) is 0. The second-order valence-corrected chi connectivity index (χ2v) is 4.83. The fourth-order valence-electron chi connectivity index (χ4n) is 1.52. The first-order chi connectivity index (χ1) is 8.20. The van der Waals surface area contributed by atoms with Crippen molar-refractivity contribution in [1.82, 2.24) is 0 Å². The first-order valence-corrected chi connectivity index (χ1v) is 6.36. The van der Waals surface area contributed by atoms with Gasteiger partial charge in [0.15, 0.2) is 0 Å². The largest absolute Gasteiger partial charge is 0.462 e. The van der Waals surface area contributed by atoms with E-state index in [-0.39, 0.29) is 5.97 Å². The molecule has 1 aromatic heterocycles. The third-order valence-electron chi connectivity index (χ3n) is 2.42. The molecule has 0 spiro atoms. The lowest BCUT2D eigenvalue weighted by atomic mass is 10.1. The number of benzene rings is 1. The van der Waals surface area contributed by atoms with Gasteiger partial charge in [0.1, 0.15) is 4.88 Å². The first-order valence-electron chi connectivity index (χ1n) is 5.54. The van der Waals surface area contributed by atoms with Gasteiger partial charge in [0.25, 0.3) is 0 Å². The molecule has 0 atom stereocenters. The number of esters is 1. The maximum absolute atomic E-state index is 11.5. The van der Waals surface area contributed by atoms with E-state index in [1.807, 2.05) is 19.1 Å². The van der Waals surface area contributed by atoms with Crippen molar-refractivity contribution in [1.29, 1.82) is 0 Å². The molecule has 0 saturated carbocycles. The molecule has 0 N–H and O–H groups in total. The quantitative estimate of drug-likeness (QED) is 0.768. The second kappa shape index (κ2) is 5.15. The highest BCUT2D eigenvalue weighted by molar-refractivity contribution is 7.17. The molecule has 2 rings (SSSR count). The topological polar surface area (TPSA) is 26.3 Å². The summed E-state index contributed by atoms with van der Waals surface area (Å²) in [6, 6.07) is 12.0. The van der Waals surface area contributed by atoms with Crippen LogP contribution in [0.4, 0.5) is 0 Å². The Balaban J connectivity index is 2.23. The minimum absolute atomic E-state index is 0.240. The van der Waals surface area contributed by atoms with Crippen molar-refractivity contribution >= 4 is 17.3 Å². The predicted molar refractivity (Wildman–Crippen MR) is 70.4 cm³/mol. The van der Waals surface area contributed by atoms with E-state index in [1.165, 1.54) is 16.9 Å². The normalized spacial score (nSPS) is 10.2. The molecule has 17 heavy (non-hydrogen) atoms. The zero-order valence-corrected chi connectivity index (χ0v) is 10.7. The Morgan fingerprint density at radius 3 is 2.53 bits per heavy atom. The summed E-state index contributed by atoms with van der Waals surface area (Å²) in [5.41, 5.74) is 2.37. The number of hydrogen-bond acceptors (Lipinski definition) is 3. The third kappa shape index (κ3) is 2.74. The van der Waals surface area contributed by atoms with E-state index in [0.29, 0.717) is 11.5 Å². The minimum atomic E-state index is -0.240. The van der Waals surface area contributed by atoms with E-state index in [9.17, 15) is 4.79 Å². The van der Waals surface area contributed by atoms with Crippen molar-refractivity contribution < 1.29 is 9.53 Å². The van der Waals surface area contributed by atoms with Crippen LogP contribution in [0.3, 0.4) is 0 Å². The lowest BCUT2D eigenvalue weighted by Gasteiger charge is -1.98. The molecule has 0 bridgehead atoms. The highest BCUT2D eigenvalue weighted by atomic mass is 32.1. The smallest absolute Gasteiger partial charge is 0.348 e. The molecule has 0 fully saturated rings. The van der Waals surface area contributed by atoms with Crippen LogP contribution in [0.15, 0.2) is 36.4 Å². The number of hydrogen-bond donors (Lipinski definition) is 0. The molecule has 0 aliphatic carbocycles. The van der Waals surface area contributed by atoms with Gasteiger partial charge in [0, 0.05) is 4.88 Å². The van der Waals surface area contributed by atoms with Crippen LogP contribution in [0, 0.1) is 6.92 Å². The number of aryl methyl sites for hydroxylation is 1. The summed E-state index contributed by atoms with van der Waals surface area (Å²) >= 11 is 1.47. The van der Waals surface area contributed by atoms with E-state index in [0.717, 1.165) is 10.4 Å². The van der Waals surface area contributed by atoms with E-state index in [4.69, 9.17) is 4.74 Å². The predicted octanol–water partition coefficient (Wildman–Crippen LogP) is 3.90. The fraction of sp³-hybridized carbons (Fsp3) is 0.214. The van der Waals surface area contributed by atoms with Crippen molar-refractivity contribution in [3.05, 3.63) is 46.8 Å². The average Bonchev–Trinajstić information content (AvgIpc) is 2.80. The van der Waals surface area contributed by atoms with Crippen LogP contribution in [-0.2, 0) is 4.74 Å². The highest BCUT2D eigenvalue weighted by Crippen LogP contribution is 2.28. The fourth-order valence-corrected chi connectivity index (χ4v) is 2.43. The Labute approximate surface area is 105 Å². The average molecular weight is 246 g/mol. The Bertz CT molecular complexity index is 511. The Hall–Kier alpha value is -1.61. The van der Waals surface area contributed by atoms with E-state index in [1.54, 1.807) is 0 Å². The Kier molecular flexibility index (Phi) is 3.59. The minimum Gasteiger partial charge on any atom is -0.462 e. The summed E-state index contributed by atoms with van der Waals surface area (Å²) in [4.78, 5) is 13.3. The van der Waals surface area contributed by atoms with Crippen LogP contribution in [0.2, 0.25) is 0 Å². The molecule has 0 amide bonds. The second-order valence-electron chi connectivity index (χ2n) is 3.75. The zero-order valence-electron chi connectivity index (χ0n) is 9.90. The SMILES string of the molecule is CCOC(=O)c1ccc(-c2ccc(C)cc2)s1. The number of rotatable bonds is 3. The van der Waals surface area contributed by atoms with Crippen LogP contribution in [-0.4, -0.2) is 12.6 Å². The van der Waals surface area contributed by atoms with Gasteiger partial charge in [-0.2, -0.15) is 0 Å². The molecular weight excluding hydrogens is 232 g/mol. The molecule has 0 aliphatic rings. The lowest BCUT2D eigenvalue weighted by Crippen LogP contribution is -2.01. The van der Waals surface area contributed by atoms with E-state index < -0.39 is 0 Å². The molecule has 1 aromatic carbocycles. The summed E-state index contributed by atoms with van der Waals surface area (Å²) in [7, 11) is 0. The van der Waals surface area contributed by atoms with Crippen molar-refractivity contribution in [2.45, 2.75) is 13.8 Å². The van der Waals surface area contributed by atoms with Crippen LogP contribution in [0.25, 0.3) is 10.4 Å². The van der Waals surface area contributed by atoms with E-state index >= 15 is 0 Å². The van der Waals surface area contributed by atoms with Crippen LogP contribution < -0.4 is 0 Å². The molecule has 0 aliphatic heterocycles. The molecule has 88 valence electrons. The lowest BCUT2D eigenvalue weighted by molar-refractivity contribution is 0.0532. The molecule has 0 radical (unpaired) electrons. The van der Waals surface area contributed by atoms with Gasteiger partial charge in [-0.3, -0.25) is 0 Å². The van der Waals surface area contributed by atoms with Crippen LogP contribution in [0.1, 0.15) is 22.2 Å². The molecule has 3 heteroatoms. The van der Waals surface area contributed by atoms with Gasteiger partial charge in [-0.25, -0.2) is 4.79 Å². The van der Waals surface area contributed by atoms with Gasteiger partial charge in [-0.1, -0.05) is 29.8 Å². The zero-order chi connectivity index (χ0) is 12.3. The van der Waals surface area contributed by atoms with Crippen molar-refractivity contribution in [3.8, 4) is 10.4 Å². The first kappa shape index (κ1) is 11.9. The van der Waals surface area contributed by atoms with Gasteiger partial charge < -0.3 is 4.74 Å². The standard InChI is InChI=1S/C14H14O2S/c1-3-16-14(15)13-9-8-12(17-13)11-6-4-10(2)5-7-11/h4-9H,3H2,1-2H3. The van der Waals surface area contributed by atoms with Gasteiger partial charge >= 0.3 is 5.97 Å². The van der Waals surface area contributed by atoms with Gasteiger partial charge in [0.05, 0.1) is 6.61 Å². The summed E-state index contributed by atoms with van der Waals surface area (Å²) in [6.45, 7) is 4.28. The molecular formula is C14H14O2S. The summed E-state index contributed by atoms with van der Waals surface area (Å²) in [6.07, 6.45) is 0. The third-order valence-corrected chi connectivity index (χ3v) is 3.53. The number of thiophene rings is 1. The number of ether oxygens (including phenoxy) is 1. The van der Waals surface area contributed by atoms with E-state index in [2.05, 4.69) is 31.2 Å². The van der Waals surface area contributed by atoms with Gasteiger partial charge in [0.2, 0.25) is 0 Å². The highest BCUT2D eigenvalue weighted by Gasteiger charge is 2.10. The molecule has 1 heterocycles. The van der Waals surface area contributed by atoms with Crippen molar-refractivity contribution in [2.24, 2.45) is 0 Å². The summed E-state index contributed by atoms with van der Waals surface area (Å²) in [5.74, 6) is -0.240. The maximum Gasteiger partial charge on any atom is 0.348 e. The van der Waals surface area contributed by atoms with Gasteiger partial charge in [-0.05, 0) is 31.5 Å². The monoisotopic (exact) mass is 246 g/mol. The molecule has 2 aromatic rings.